The lowest BCUT2D eigenvalue weighted by Gasteiger charge is -2.06. The minimum Gasteiger partial charge on any atom is -0.355 e. The van der Waals surface area contributed by atoms with E-state index in [1.807, 2.05) is 0 Å². The molecule has 0 radical (unpaired) electrons. The van der Waals surface area contributed by atoms with E-state index in [-0.39, 0.29) is 12.3 Å². The van der Waals surface area contributed by atoms with Crippen molar-refractivity contribution in [2.24, 2.45) is 5.73 Å². The Morgan fingerprint density at radius 3 is 2.80 bits per heavy atom. The molecule has 0 bridgehead atoms. The molecule has 0 aromatic rings. The van der Waals surface area contributed by atoms with Crippen LogP contribution in [0.25, 0.3) is 0 Å². The number of carbonyl (C=O) groups is 2. The van der Waals surface area contributed by atoms with E-state index in [4.69, 9.17) is 5.73 Å². The maximum absolute atomic E-state index is 10.7. The van der Waals surface area contributed by atoms with Crippen molar-refractivity contribution in [3.63, 3.8) is 0 Å². The van der Waals surface area contributed by atoms with Crippen molar-refractivity contribution in [3.8, 4) is 0 Å². The van der Waals surface area contributed by atoms with Crippen molar-refractivity contribution in [1.29, 1.82) is 0 Å². The van der Waals surface area contributed by atoms with Crippen LogP contribution in [-0.2, 0) is 9.59 Å². The Morgan fingerprint density at radius 2 is 2.40 bits per heavy atom. The number of nitrogens with two attached hydrogens (primary N) is 1. The highest BCUT2D eigenvalue weighted by Gasteiger charge is 2.09. The molecular formula is C6H12N2O2. The highest BCUT2D eigenvalue weighted by Crippen LogP contribution is 1.82. The fraction of sp³-hybridized carbons (Fsp3) is 0.667. The lowest BCUT2D eigenvalue weighted by Crippen LogP contribution is -2.40. The molecule has 4 nitrogen and oxygen atoms in total. The first-order valence-corrected chi connectivity index (χ1v) is 3.19. The summed E-state index contributed by atoms with van der Waals surface area (Å²) < 4.78 is 0. The molecule has 0 aliphatic carbocycles. The SMILES string of the molecule is CCNC(=O)C(N)CC=O. The molecule has 0 aromatic carbocycles. The minimum atomic E-state index is -0.683. The zero-order chi connectivity index (χ0) is 7.98. The molecule has 0 heterocycles. The van der Waals surface area contributed by atoms with Crippen LogP contribution in [0.3, 0.4) is 0 Å². The van der Waals surface area contributed by atoms with E-state index in [1.165, 1.54) is 0 Å². The maximum atomic E-state index is 10.7. The van der Waals surface area contributed by atoms with E-state index in [9.17, 15) is 9.59 Å². The predicted molar refractivity (Wildman–Crippen MR) is 37.3 cm³/mol. The summed E-state index contributed by atoms with van der Waals surface area (Å²) >= 11 is 0. The van der Waals surface area contributed by atoms with Gasteiger partial charge in [0.1, 0.15) is 6.29 Å². The van der Waals surface area contributed by atoms with Crippen molar-refractivity contribution in [1.82, 2.24) is 5.32 Å². The van der Waals surface area contributed by atoms with Gasteiger partial charge in [-0.3, -0.25) is 4.79 Å². The second-order valence-corrected chi connectivity index (χ2v) is 1.90. The lowest BCUT2D eigenvalue weighted by molar-refractivity contribution is -0.123. The number of likely N-dealkylation sites (N-methyl/N-ethyl adjacent to an activating group) is 1. The van der Waals surface area contributed by atoms with Gasteiger partial charge in [0.25, 0.3) is 0 Å². The summed E-state index contributed by atoms with van der Waals surface area (Å²) in [6.07, 6.45) is 0.728. The van der Waals surface area contributed by atoms with Crippen LogP contribution < -0.4 is 11.1 Å². The summed E-state index contributed by atoms with van der Waals surface area (Å²) in [4.78, 5) is 20.6. The molecule has 0 saturated heterocycles. The van der Waals surface area contributed by atoms with Gasteiger partial charge in [0, 0.05) is 13.0 Å². The second kappa shape index (κ2) is 4.93. The summed E-state index contributed by atoms with van der Waals surface area (Å²) in [6.45, 7) is 2.34. The van der Waals surface area contributed by atoms with Crippen LogP contribution in [0.1, 0.15) is 13.3 Å². The average molecular weight is 144 g/mol. The molecule has 1 amide bonds. The highest BCUT2D eigenvalue weighted by molar-refractivity contribution is 5.83. The Balaban J connectivity index is 3.58. The number of aldehydes is 1. The van der Waals surface area contributed by atoms with E-state index < -0.39 is 6.04 Å². The minimum absolute atomic E-state index is 0.0891. The van der Waals surface area contributed by atoms with Crippen molar-refractivity contribution in [3.05, 3.63) is 0 Å². The lowest BCUT2D eigenvalue weighted by atomic mass is 10.2. The standard InChI is InChI=1S/C6H12N2O2/c1-2-8-6(10)5(7)3-4-9/h4-5H,2-3,7H2,1H3,(H,8,10). The van der Waals surface area contributed by atoms with Crippen LogP contribution in [0.2, 0.25) is 0 Å². The van der Waals surface area contributed by atoms with Gasteiger partial charge in [-0.15, -0.1) is 0 Å². The molecule has 10 heavy (non-hydrogen) atoms. The molecule has 1 unspecified atom stereocenters. The smallest absolute Gasteiger partial charge is 0.237 e. The monoisotopic (exact) mass is 144 g/mol. The molecule has 0 fully saturated rings. The Bertz CT molecular complexity index is 125. The Morgan fingerprint density at radius 1 is 1.80 bits per heavy atom. The van der Waals surface area contributed by atoms with Gasteiger partial charge in [-0.1, -0.05) is 0 Å². The first kappa shape index (κ1) is 9.10. The quantitative estimate of drug-likeness (QED) is 0.499. The molecule has 58 valence electrons. The van der Waals surface area contributed by atoms with Gasteiger partial charge in [0.15, 0.2) is 0 Å². The number of rotatable bonds is 4. The second-order valence-electron chi connectivity index (χ2n) is 1.90. The number of amides is 1. The van der Waals surface area contributed by atoms with E-state index in [0.29, 0.717) is 12.8 Å². The molecule has 0 saturated carbocycles. The van der Waals surface area contributed by atoms with Gasteiger partial charge in [-0.25, -0.2) is 0 Å². The molecule has 0 aliphatic rings. The Labute approximate surface area is 59.8 Å². The fourth-order valence-electron chi connectivity index (χ4n) is 0.516. The van der Waals surface area contributed by atoms with Gasteiger partial charge in [0.2, 0.25) is 5.91 Å². The van der Waals surface area contributed by atoms with Crippen LogP contribution in [-0.4, -0.2) is 24.8 Å². The van der Waals surface area contributed by atoms with Crippen LogP contribution >= 0.6 is 0 Å². The van der Waals surface area contributed by atoms with Crippen LogP contribution in [0, 0.1) is 0 Å². The van der Waals surface area contributed by atoms with Gasteiger partial charge in [-0.05, 0) is 6.92 Å². The number of hydrogen-bond acceptors (Lipinski definition) is 3. The summed E-state index contributed by atoms with van der Waals surface area (Å²) in [7, 11) is 0. The van der Waals surface area contributed by atoms with Gasteiger partial charge < -0.3 is 15.8 Å². The molecule has 0 rings (SSSR count). The van der Waals surface area contributed by atoms with Gasteiger partial charge in [0.05, 0.1) is 6.04 Å². The zero-order valence-electron chi connectivity index (χ0n) is 5.96. The Kier molecular flexibility index (Phi) is 4.49. The van der Waals surface area contributed by atoms with E-state index in [0.717, 1.165) is 0 Å². The molecular weight excluding hydrogens is 132 g/mol. The third-order valence-corrected chi connectivity index (χ3v) is 1.04. The van der Waals surface area contributed by atoms with Crippen molar-refractivity contribution < 1.29 is 9.59 Å². The summed E-state index contributed by atoms with van der Waals surface area (Å²) in [5.74, 6) is -0.269. The molecule has 0 aromatic heterocycles. The van der Waals surface area contributed by atoms with Crippen molar-refractivity contribution >= 4 is 12.2 Å². The van der Waals surface area contributed by atoms with Crippen molar-refractivity contribution in [2.45, 2.75) is 19.4 Å². The van der Waals surface area contributed by atoms with E-state index >= 15 is 0 Å². The van der Waals surface area contributed by atoms with Crippen LogP contribution in [0.15, 0.2) is 0 Å². The summed E-state index contributed by atoms with van der Waals surface area (Å²) in [5, 5.41) is 2.51. The fourth-order valence-corrected chi connectivity index (χ4v) is 0.516. The number of hydrogen-bond donors (Lipinski definition) is 2. The third-order valence-electron chi connectivity index (χ3n) is 1.04. The first-order valence-electron chi connectivity index (χ1n) is 3.19. The summed E-state index contributed by atoms with van der Waals surface area (Å²) in [5.41, 5.74) is 5.27. The predicted octanol–water partition coefficient (Wildman–Crippen LogP) is -0.961. The molecule has 1 atom stereocenters. The van der Waals surface area contributed by atoms with Crippen LogP contribution in [0.4, 0.5) is 0 Å². The number of carbonyl (C=O) groups excluding carboxylic acids is 2. The largest absolute Gasteiger partial charge is 0.355 e. The molecule has 3 N–H and O–H groups in total. The first-order chi connectivity index (χ1) is 4.72. The van der Waals surface area contributed by atoms with Gasteiger partial charge >= 0.3 is 0 Å². The maximum Gasteiger partial charge on any atom is 0.237 e. The topological polar surface area (TPSA) is 72.2 Å². The van der Waals surface area contributed by atoms with E-state index in [1.54, 1.807) is 6.92 Å². The van der Waals surface area contributed by atoms with Crippen LogP contribution in [0.5, 0.6) is 0 Å². The molecule has 0 spiro atoms. The zero-order valence-corrected chi connectivity index (χ0v) is 5.96. The van der Waals surface area contributed by atoms with Crippen molar-refractivity contribution in [2.75, 3.05) is 6.54 Å². The molecule has 4 heteroatoms. The average Bonchev–Trinajstić information content (AvgIpc) is 1.89. The van der Waals surface area contributed by atoms with Gasteiger partial charge in [-0.2, -0.15) is 0 Å². The normalized spacial score (nSPS) is 12.2. The highest BCUT2D eigenvalue weighted by atomic mass is 16.2. The third kappa shape index (κ3) is 3.19. The van der Waals surface area contributed by atoms with E-state index in [2.05, 4.69) is 5.32 Å². The molecule has 0 aliphatic heterocycles. The summed E-state index contributed by atoms with van der Waals surface area (Å²) in [6, 6.07) is -0.683. The number of nitrogens with one attached hydrogen (secondary N) is 1. The Hall–Kier alpha value is -0.900.